The molecular formula is C19H26N4O4. The maximum atomic E-state index is 13.3. The normalized spacial score (nSPS) is 19.3. The largest absolute Gasteiger partial charge is 0.465 e. The van der Waals surface area contributed by atoms with Crippen LogP contribution in [0.5, 0.6) is 0 Å². The molecule has 0 bridgehead atoms. The van der Waals surface area contributed by atoms with E-state index in [4.69, 9.17) is 4.74 Å². The molecule has 0 unspecified atom stereocenters. The van der Waals surface area contributed by atoms with Gasteiger partial charge in [0.05, 0.1) is 12.7 Å². The van der Waals surface area contributed by atoms with Crippen LogP contribution in [-0.2, 0) is 9.53 Å². The molecule has 1 aromatic rings. The molecule has 1 N–H and O–H groups in total. The van der Waals surface area contributed by atoms with Gasteiger partial charge < -0.3 is 15.0 Å². The number of carbonyl (C=O) groups is 3. The molecule has 27 heavy (non-hydrogen) atoms. The summed E-state index contributed by atoms with van der Waals surface area (Å²) in [5.41, 5.74) is 0.167. The molecule has 0 atom stereocenters. The summed E-state index contributed by atoms with van der Waals surface area (Å²) in [6, 6.07) is 6.36. The van der Waals surface area contributed by atoms with E-state index in [9.17, 15) is 14.4 Å². The zero-order chi connectivity index (χ0) is 19.6. The molecule has 0 aliphatic carbocycles. The highest BCUT2D eigenvalue weighted by Crippen LogP contribution is 2.39. The minimum atomic E-state index is -0.860. The van der Waals surface area contributed by atoms with Gasteiger partial charge in [0.2, 0.25) is 0 Å². The highest BCUT2D eigenvalue weighted by Gasteiger charge is 2.57. The van der Waals surface area contributed by atoms with E-state index in [2.05, 4.69) is 5.32 Å². The van der Waals surface area contributed by atoms with Crippen molar-refractivity contribution in [2.45, 2.75) is 18.4 Å². The fraction of sp³-hybridized carbons (Fsp3) is 0.526. The van der Waals surface area contributed by atoms with Crippen LogP contribution in [0, 0.1) is 0 Å². The van der Waals surface area contributed by atoms with Crippen molar-refractivity contribution in [3.8, 4) is 0 Å². The number of amides is 3. The molecule has 0 saturated carbocycles. The molecule has 3 amide bonds. The summed E-state index contributed by atoms with van der Waals surface area (Å²) in [5, 5.41) is 3.26. The summed E-state index contributed by atoms with van der Waals surface area (Å²) in [6.07, 6.45) is 1.13. The van der Waals surface area contributed by atoms with Crippen LogP contribution < -0.4 is 10.2 Å². The van der Waals surface area contributed by atoms with Crippen LogP contribution in [-0.4, -0.2) is 80.6 Å². The monoisotopic (exact) mass is 374 g/mol. The number of carbonyl (C=O) groups excluding carboxylic acids is 3. The van der Waals surface area contributed by atoms with Gasteiger partial charge in [0.1, 0.15) is 5.54 Å². The predicted molar refractivity (Wildman–Crippen MR) is 101 cm³/mol. The molecule has 2 heterocycles. The number of rotatable bonds is 5. The third-order valence-corrected chi connectivity index (χ3v) is 5.24. The summed E-state index contributed by atoms with van der Waals surface area (Å²) in [5.74, 6) is -0.567. The molecule has 3 rings (SSSR count). The Morgan fingerprint density at radius 1 is 1.19 bits per heavy atom. The number of benzene rings is 1. The second-order valence-corrected chi connectivity index (χ2v) is 7.20. The Morgan fingerprint density at radius 2 is 1.81 bits per heavy atom. The van der Waals surface area contributed by atoms with Gasteiger partial charge in [-0.2, -0.15) is 0 Å². The van der Waals surface area contributed by atoms with E-state index in [-0.39, 0.29) is 11.9 Å². The number of urea groups is 1. The Balaban J connectivity index is 1.96. The van der Waals surface area contributed by atoms with Gasteiger partial charge in [-0.05, 0) is 64.3 Å². The Labute approximate surface area is 159 Å². The number of hydrogen-bond donors (Lipinski definition) is 1. The standard InChI is InChI=1S/C19H26N4O4/c1-21(2)12-13-22-17(25)19(8-10-20-11-9-19)23(18(22)26)15-6-4-14(5-7-15)16(24)27-3/h4-7,20H,8-13H2,1-3H3. The van der Waals surface area contributed by atoms with Crippen LogP contribution >= 0.6 is 0 Å². The van der Waals surface area contributed by atoms with Crippen molar-refractivity contribution in [2.75, 3.05) is 52.3 Å². The van der Waals surface area contributed by atoms with E-state index in [1.807, 2.05) is 19.0 Å². The molecule has 8 heteroatoms. The van der Waals surface area contributed by atoms with Crippen LogP contribution in [0.4, 0.5) is 10.5 Å². The van der Waals surface area contributed by atoms with E-state index in [0.717, 1.165) is 0 Å². The van der Waals surface area contributed by atoms with Crippen molar-refractivity contribution in [1.29, 1.82) is 0 Å². The fourth-order valence-electron chi connectivity index (χ4n) is 3.73. The first-order chi connectivity index (χ1) is 12.9. The summed E-state index contributed by atoms with van der Waals surface area (Å²) >= 11 is 0. The smallest absolute Gasteiger partial charge is 0.337 e. The van der Waals surface area contributed by atoms with Crippen LogP contribution in [0.2, 0.25) is 0 Å². The van der Waals surface area contributed by atoms with Crippen molar-refractivity contribution >= 4 is 23.6 Å². The summed E-state index contributed by atoms with van der Waals surface area (Å²) < 4.78 is 4.73. The SMILES string of the molecule is COC(=O)c1ccc(N2C(=O)N(CCN(C)C)C(=O)C23CCNCC3)cc1. The van der Waals surface area contributed by atoms with Gasteiger partial charge >= 0.3 is 12.0 Å². The fourth-order valence-corrected chi connectivity index (χ4v) is 3.73. The van der Waals surface area contributed by atoms with E-state index < -0.39 is 11.5 Å². The van der Waals surface area contributed by atoms with Gasteiger partial charge in [-0.3, -0.25) is 14.6 Å². The molecule has 8 nitrogen and oxygen atoms in total. The van der Waals surface area contributed by atoms with Crippen LogP contribution in [0.3, 0.4) is 0 Å². The zero-order valence-electron chi connectivity index (χ0n) is 16.0. The number of esters is 1. The minimum Gasteiger partial charge on any atom is -0.465 e. The Kier molecular flexibility index (Phi) is 5.48. The molecule has 2 fully saturated rings. The number of anilines is 1. The number of hydrogen-bond acceptors (Lipinski definition) is 6. The third-order valence-electron chi connectivity index (χ3n) is 5.24. The molecule has 1 spiro atoms. The average molecular weight is 374 g/mol. The number of nitrogens with one attached hydrogen (secondary N) is 1. The van der Waals surface area contributed by atoms with Gasteiger partial charge in [-0.1, -0.05) is 0 Å². The van der Waals surface area contributed by atoms with Crippen molar-refractivity contribution in [3.63, 3.8) is 0 Å². The lowest BCUT2D eigenvalue weighted by Crippen LogP contribution is -2.56. The first-order valence-corrected chi connectivity index (χ1v) is 9.11. The molecule has 2 aliphatic heterocycles. The first kappa shape index (κ1) is 19.3. The number of likely N-dealkylation sites (N-methyl/N-ethyl adjacent to an activating group) is 1. The number of nitrogens with zero attached hydrogens (tertiary/aromatic N) is 3. The first-order valence-electron chi connectivity index (χ1n) is 9.11. The Bertz CT molecular complexity index is 726. The number of ether oxygens (including phenoxy) is 1. The quantitative estimate of drug-likeness (QED) is 0.610. The highest BCUT2D eigenvalue weighted by atomic mass is 16.5. The second kappa shape index (κ2) is 7.66. The molecular weight excluding hydrogens is 348 g/mol. The third kappa shape index (κ3) is 3.42. The number of methoxy groups -OCH3 is 1. The van der Waals surface area contributed by atoms with Crippen LogP contribution in [0.15, 0.2) is 24.3 Å². The summed E-state index contributed by atoms with van der Waals surface area (Å²) in [6.45, 7) is 2.33. The minimum absolute atomic E-state index is 0.132. The van der Waals surface area contributed by atoms with E-state index >= 15 is 0 Å². The van der Waals surface area contributed by atoms with E-state index in [0.29, 0.717) is 50.3 Å². The predicted octanol–water partition coefficient (Wildman–Crippen LogP) is 0.926. The summed E-state index contributed by atoms with van der Waals surface area (Å²) in [7, 11) is 5.15. The maximum Gasteiger partial charge on any atom is 0.337 e. The summed E-state index contributed by atoms with van der Waals surface area (Å²) in [4.78, 5) is 43.0. The van der Waals surface area contributed by atoms with Crippen LogP contribution in [0.1, 0.15) is 23.2 Å². The van der Waals surface area contributed by atoms with E-state index in [1.165, 1.54) is 12.0 Å². The Morgan fingerprint density at radius 3 is 2.37 bits per heavy atom. The lowest BCUT2D eigenvalue weighted by Gasteiger charge is -2.38. The lowest BCUT2D eigenvalue weighted by molar-refractivity contribution is -0.131. The highest BCUT2D eigenvalue weighted by molar-refractivity contribution is 6.17. The van der Waals surface area contributed by atoms with Crippen molar-refractivity contribution < 1.29 is 19.1 Å². The lowest BCUT2D eigenvalue weighted by atomic mass is 9.86. The number of imide groups is 1. The van der Waals surface area contributed by atoms with Gasteiger partial charge in [0.25, 0.3) is 5.91 Å². The van der Waals surface area contributed by atoms with Gasteiger partial charge in [-0.15, -0.1) is 0 Å². The van der Waals surface area contributed by atoms with E-state index in [1.54, 1.807) is 29.2 Å². The van der Waals surface area contributed by atoms with Crippen molar-refractivity contribution in [2.24, 2.45) is 0 Å². The van der Waals surface area contributed by atoms with Crippen LogP contribution in [0.25, 0.3) is 0 Å². The molecule has 146 valence electrons. The molecule has 0 aromatic heterocycles. The van der Waals surface area contributed by atoms with Gasteiger partial charge in [0.15, 0.2) is 0 Å². The average Bonchev–Trinajstić information content (AvgIpc) is 2.87. The zero-order valence-corrected chi connectivity index (χ0v) is 16.0. The molecule has 0 radical (unpaired) electrons. The molecule has 1 aromatic carbocycles. The second-order valence-electron chi connectivity index (χ2n) is 7.20. The van der Waals surface area contributed by atoms with Gasteiger partial charge in [-0.25, -0.2) is 9.59 Å². The Hall–Kier alpha value is -2.45. The number of piperidine rings is 1. The molecule has 2 saturated heterocycles. The maximum absolute atomic E-state index is 13.3. The van der Waals surface area contributed by atoms with Crippen molar-refractivity contribution in [1.82, 2.24) is 15.1 Å². The van der Waals surface area contributed by atoms with Crippen molar-refractivity contribution in [3.05, 3.63) is 29.8 Å². The van der Waals surface area contributed by atoms with Gasteiger partial charge in [0, 0.05) is 18.8 Å². The topological polar surface area (TPSA) is 82.2 Å². The molecule has 2 aliphatic rings.